The lowest BCUT2D eigenvalue weighted by Crippen LogP contribution is -1.82. The number of phenols is 2. The van der Waals surface area contributed by atoms with Gasteiger partial charge in [-0.05, 0) is 56.2 Å². The van der Waals surface area contributed by atoms with Crippen molar-refractivity contribution in [3.63, 3.8) is 0 Å². The first-order valence-corrected chi connectivity index (χ1v) is 6.78. The molecule has 0 aliphatic heterocycles. The lowest BCUT2D eigenvalue weighted by molar-refractivity contribution is 0.474. The third kappa shape index (κ3) is 4.77. The zero-order chi connectivity index (χ0) is 15.4. The zero-order valence-electron chi connectivity index (χ0n) is 12.5. The van der Waals surface area contributed by atoms with Crippen molar-refractivity contribution in [2.75, 3.05) is 0 Å². The molecule has 0 atom stereocenters. The van der Waals surface area contributed by atoms with Gasteiger partial charge in [-0.1, -0.05) is 24.3 Å². The largest absolute Gasteiger partial charge is 0.508 e. The third-order valence-corrected chi connectivity index (χ3v) is 3.04. The third-order valence-electron chi connectivity index (χ3n) is 3.04. The number of aromatic nitrogens is 1. The number of hydrogen-bond donors (Lipinski definition) is 2. The Kier molecular flexibility index (Phi) is 6.43. The van der Waals surface area contributed by atoms with Crippen molar-refractivity contribution in [3.05, 3.63) is 65.4 Å². The molecule has 22 heavy (non-hydrogen) atoms. The van der Waals surface area contributed by atoms with Crippen molar-refractivity contribution in [1.82, 2.24) is 4.98 Å². The Morgan fingerprint density at radius 2 is 1.45 bits per heavy atom. The highest BCUT2D eigenvalue weighted by atomic mass is 27.0. The van der Waals surface area contributed by atoms with Gasteiger partial charge in [-0.25, -0.2) is 4.98 Å². The van der Waals surface area contributed by atoms with Crippen LogP contribution in [0.1, 0.15) is 16.8 Å². The maximum absolute atomic E-state index is 9.43. The number of aromatic hydroxyl groups is 2. The summed E-state index contributed by atoms with van der Waals surface area (Å²) in [6, 6.07) is 14.8. The highest BCUT2D eigenvalue weighted by molar-refractivity contribution is 5.84. The molecule has 2 N–H and O–H groups in total. The topological polar surface area (TPSA) is 53.4 Å². The van der Waals surface area contributed by atoms with Gasteiger partial charge in [0.15, 0.2) is 17.4 Å². The summed E-state index contributed by atoms with van der Waals surface area (Å²) in [6.07, 6.45) is 0. The number of phenolic OH excluding ortho intramolecular Hbond substituents is 2. The smallest absolute Gasteiger partial charge is 0.187 e. The van der Waals surface area contributed by atoms with Crippen LogP contribution in [0.2, 0.25) is 0 Å². The first kappa shape index (κ1) is 18.0. The average Bonchev–Trinajstić information content (AvgIpc) is 2.39. The fourth-order valence-corrected chi connectivity index (χ4v) is 2.18. The highest BCUT2D eigenvalue weighted by Crippen LogP contribution is 2.21. The molecule has 0 unspecified atom stereocenters. The Hall–Kier alpha value is -2.02. The summed E-state index contributed by atoms with van der Waals surface area (Å²) in [4.78, 5) is 4.23. The second-order valence-electron chi connectivity index (χ2n) is 5.15. The van der Waals surface area contributed by atoms with E-state index in [0.717, 1.165) is 22.2 Å². The fraction of sp³-hybridized carbons (Fsp3) is 0.167. The van der Waals surface area contributed by atoms with E-state index in [2.05, 4.69) is 4.98 Å². The van der Waals surface area contributed by atoms with Gasteiger partial charge in [0.1, 0.15) is 17.0 Å². The van der Waals surface area contributed by atoms with E-state index in [1.54, 1.807) is 18.2 Å². The van der Waals surface area contributed by atoms with Crippen molar-refractivity contribution in [3.8, 4) is 11.5 Å². The van der Waals surface area contributed by atoms with Crippen molar-refractivity contribution in [1.29, 1.82) is 0 Å². The predicted molar refractivity (Wildman–Crippen MR) is 95.7 cm³/mol. The van der Waals surface area contributed by atoms with Gasteiger partial charge in [0.2, 0.25) is 0 Å². The SMILES string of the molecule is Cc1cc(C)cc(O)c1.Cc1ccc2cccc(O)c2n1.[AlH3]. The van der Waals surface area contributed by atoms with Gasteiger partial charge in [-0.15, -0.1) is 0 Å². The van der Waals surface area contributed by atoms with Crippen LogP contribution < -0.4 is 0 Å². The molecule has 1 heterocycles. The lowest BCUT2D eigenvalue weighted by Gasteiger charge is -1.99. The molecule has 0 radical (unpaired) electrons. The fourth-order valence-electron chi connectivity index (χ4n) is 2.18. The van der Waals surface area contributed by atoms with E-state index in [1.807, 2.05) is 51.1 Å². The second-order valence-corrected chi connectivity index (χ2v) is 5.15. The van der Waals surface area contributed by atoms with Crippen LogP contribution >= 0.6 is 0 Å². The molecule has 0 saturated heterocycles. The minimum atomic E-state index is 0. The molecule has 0 spiro atoms. The van der Waals surface area contributed by atoms with E-state index in [0.29, 0.717) is 11.3 Å². The van der Waals surface area contributed by atoms with Gasteiger partial charge < -0.3 is 10.2 Å². The molecular formula is C18H22AlNO2. The summed E-state index contributed by atoms with van der Waals surface area (Å²) >= 11 is 0. The van der Waals surface area contributed by atoms with Gasteiger partial charge in [0.25, 0.3) is 0 Å². The van der Waals surface area contributed by atoms with Gasteiger partial charge in [0.05, 0.1) is 0 Å². The minimum absolute atomic E-state index is 0. The molecule has 0 saturated carbocycles. The Balaban J connectivity index is 0.000000219. The van der Waals surface area contributed by atoms with E-state index < -0.39 is 0 Å². The van der Waals surface area contributed by atoms with Gasteiger partial charge in [-0.3, -0.25) is 0 Å². The average molecular weight is 311 g/mol. The summed E-state index contributed by atoms with van der Waals surface area (Å²) in [7, 11) is 0. The molecule has 0 bridgehead atoms. The van der Waals surface area contributed by atoms with Crippen LogP contribution in [0.4, 0.5) is 0 Å². The first-order chi connectivity index (χ1) is 9.95. The summed E-state index contributed by atoms with van der Waals surface area (Å²) < 4.78 is 0. The summed E-state index contributed by atoms with van der Waals surface area (Å²) in [5, 5.41) is 19.4. The predicted octanol–water partition coefficient (Wildman–Crippen LogP) is 3.07. The molecule has 3 aromatic rings. The van der Waals surface area contributed by atoms with Crippen molar-refractivity contribution in [2.45, 2.75) is 20.8 Å². The molecular weight excluding hydrogens is 289 g/mol. The van der Waals surface area contributed by atoms with Crippen LogP contribution in [0.3, 0.4) is 0 Å². The molecule has 0 aliphatic carbocycles. The van der Waals surface area contributed by atoms with Crippen LogP contribution in [-0.2, 0) is 0 Å². The molecule has 2 aromatic carbocycles. The van der Waals surface area contributed by atoms with E-state index in [1.165, 1.54) is 0 Å². The number of fused-ring (bicyclic) bond motifs is 1. The van der Waals surface area contributed by atoms with Crippen molar-refractivity contribution < 1.29 is 10.2 Å². The highest BCUT2D eigenvalue weighted by Gasteiger charge is 1.98. The van der Waals surface area contributed by atoms with Gasteiger partial charge in [0, 0.05) is 11.1 Å². The molecule has 3 nitrogen and oxygen atoms in total. The maximum atomic E-state index is 9.43. The summed E-state index contributed by atoms with van der Waals surface area (Å²) in [6.45, 7) is 5.84. The van der Waals surface area contributed by atoms with E-state index in [-0.39, 0.29) is 23.1 Å². The van der Waals surface area contributed by atoms with E-state index >= 15 is 0 Å². The zero-order valence-corrected chi connectivity index (χ0v) is 12.5. The molecule has 4 heteroatoms. The Labute approximate surface area is 141 Å². The Morgan fingerprint density at radius 1 is 0.818 bits per heavy atom. The molecule has 114 valence electrons. The number of pyridine rings is 1. The van der Waals surface area contributed by atoms with Crippen LogP contribution in [0, 0.1) is 20.8 Å². The summed E-state index contributed by atoms with van der Waals surface area (Å²) in [5.74, 6) is 0.601. The lowest BCUT2D eigenvalue weighted by atomic mass is 10.1. The van der Waals surface area contributed by atoms with Crippen molar-refractivity contribution in [2.24, 2.45) is 0 Å². The van der Waals surface area contributed by atoms with E-state index in [9.17, 15) is 5.11 Å². The van der Waals surface area contributed by atoms with Crippen LogP contribution in [0.5, 0.6) is 11.5 Å². The summed E-state index contributed by atoms with van der Waals surface area (Å²) in [5.41, 5.74) is 3.81. The van der Waals surface area contributed by atoms with Gasteiger partial charge in [-0.2, -0.15) is 0 Å². The van der Waals surface area contributed by atoms with Gasteiger partial charge >= 0.3 is 0 Å². The quantitative estimate of drug-likeness (QED) is 0.627. The monoisotopic (exact) mass is 311 g/mol. The molecule has 0 fully saturated rings. The number of para-hydroxylation sites is 1. The molecule has 3 rings (SSSR count). The van der Waals surface area contributed by atoms with E-state index in [4.69, 9.17) is 5.11 Å². The Bertz CT molecular complexity index is 722. The standard InChI is InChI=1S/C10H9NO.C8H10O.Al.3H/c1-7-5-6-8-3-2-4-9(12)10(8)11-7;1-6-3-7(2)5-8(9)4-6;;;;/h2-6,12H,1H3;3-5,9H,1-2H3;;;;. The second kappa shape index (κ2) is 7.84. The number of hydrogen-bond acceptors (Lipinski definition) is 3. The molecule has 0 amide bonds. The number of rotatable bonds is 0. The van der Waals surface area contributed by atoms with Crippen LogP contribution in [0.15, 0.2) is 48.5 Å². The van der Waals surface area contributed by atoms with Crippen molar-refractivity contribution >= 4 is 28.3 Å². The molecule has 0 aliphatic rings. The van der Waals surface area contributed by atoms with Crippen LogP contribution in [-0.4, -0.2) is 32.6 Å². The number of aryl methyl sites for hydroxylation is 3. The molecule has 1 aromatic heterocycles. The van der Waals surface area contributed by atoms with Crippen LogP contribution in [0.25, 0.3) is 10.9 Å². The normalized spacial score (nSPS) is 9.59. The first-order valence-electron chi connectivity index (χ1n) is 6.78. The maximum Gasteiger partial charge on any atom is 0.187 e. The Morgan fingerprint density at radius 3 is 2.05 bits per heavy atom. The number of nitrogens with zero attached hydrogens (tertiary/aromatic N) is 1. The number of benzene rings is 2. The minimum Gasteiger partial charge on any atom is -0.508 e.